The third-order valence-corrected chi connectivity index (χ3v) is 11.4. The second-order valence-electron chi connectivity index (χ2n) is 13.5. The number of aliphatic hydroxyl groups excluding tert-OH is 1. The minimum absolute atomic E-state index is 0.00340. The Labute approximate surface area is 224 Å². The summed E-state index contributed by atoms with van der Waals surface area (Å²) < 4.78 is 9.68. The number of hydrogen-bond donors (Lipinski definition) is 1. The number of carbonyl (C=O) groups excluding carboxylic acids is 1. The molecule has 206 valence electrons. The topological polar surface area (TPSA) is 51.5 Å². The number of methoxy groups -OCH3 is 1. The van der Waals surface area contributed by atoms with Gasteiger partial charge >= 0.3 is 0 Å². The molecule has 0 aromatic carbocycles. The molecule has 5 nitrogen and oxygen atoms in total. The Morgan fingerprint density at radius 2 is 1.62 bits per heavy atom. The van der Waals surface area contributed by atoms with Crippen LogP contribution in [0.4, 0.5) is 0 Å². The molecule has 1 N–H and O–H groups in total. The highest BCUT2D eigenvalue weighted by Crippen LogP contribution is 2.64. The lowest BCUT2D eigenvalue weighted by molar-refractivity contribution is -0.993. The summed E-state index contributed by atoms with van der Waals surface area (Å²) in [5.74, 6) is 0.538. The maximum Gasteiger partial charge on any atom is 0.200 e. The molecule has 4 bridgehead atoms. The first-order chi connectivity index (χ1) is 18.1. The second kappa shape index (κ2) is 10.8. The quantitative estimate of drug-likeness (QED) is 0.434. The van der Waals surface area contributed by atoms with Gasteiger partial charge in [-0.1, -0.05) is 70.6 Å². The molecular formula is C32H51N2O3+. The zero-order valence-corrected chi connectivity index (χ0v) is 23.3. The van der Waals surface area contributed by atoms with E-state index >= 15 is 0 Å². The maximum atomic E-state index is 14.9. The normalized spacial score (nSPS) is 41.4. The maximum absolute atomic E-state index is 14.9. The summed E-state index contributed by atoms with van der Waals surface area (Å²) in [6, 6.07) is 2.26. The number of Topliss-reactive ketones (excluding diaryl/α,β-unsaturated/α-hetero) is 1. The predicted octanol–water partition coefficient (Wildman–Crippen LogP) is 6.58. The third-order valence-electron chi connectivity index (χ3n) is 11.4. The van der Waals surface area contributed by atoms with Gasteiger partial charge < -0.3 is 14.4 Å². The summed E-state index contributed by atoms with van der Waals surface area (Å²) in [7, 11) is 1.91. The zero-order chi connectivity index (χ0) is 25.5. The van der Waals surface area contributed by atoms with Gasteiger partial charge in [0, 0.05) is 25.3 Å². The number of rotatable bonds is 1. The van der Waals surface area contributed by atoms with Crippen LogP contribution in [0.2, 0.25) is 0 Å². The molecule has 3 unspecified atom stereocenters. The van der Waals surface area contributed by atoms with Gasteiger partial charge in [-0.05, 0) is 50.2 Å². The molecule has 0 radical (unpaired) electrons. The van der Waals surface area contributed by atoms with Gasteiger partial charge in [0.15, 0.2) is 12.0 Å². The number of aryl methyl sites for hydroxylation is 1. The van der Waals surface area contributed by atoms with E-state index in [1.807, 2.05) is 7.11 Å². The number of quaternary nitrogens is 1. The van der Waals surface area contributed by atoms with E-state index in [9.17, 15) is 9.90 Å². The lowest BCUT2D eigenvalue weighted by atomic mass is 9.65. The molecule has 37 heavy (non-hydrogen) atoms. The van der Waals surface area contributed by atoms with Crippen molar-refractivity contribution in [3.05, 3.63) is 23.5 Å². The van der Waals surface area contributed by atoms with Crippen LogP contribution >= 0.6 is 0 Å². The van der Waals surface area contributed by atoms with Crippen LogP contribution in [-0.2, 0) is 11.3 Å². The molecule has 4 aliphatic heterocycles. The van der Waals surface area contributed by atoms with Gasteiger partial charge in [-0.25, -0.2) is 0 Å². The van der Waals surface area contributed by atoms with Crippen molar-refractivity contribution in [1.29, 1.82) is 0 Å². The zero-order valence-electron chi connectivity index (χ0n) is 23.3. The first-order valence-electron chi connectivity index (χ1n) is 15.9. The fraction of sp³-hybridized carbons (Fsp3) is 0.844. The second-order valence-corrected chi connectivity index (χ2v) is 13.5. The van der Waals surface area contributed by atoms with Crippen molar-refractivity contribution in [1.82, 2.24) is 4.57 Å². The molecule has 6 rings (SSSR count). The van der Waals surface area contributed by atoms with Crippen LogP contribution in [0.3, 0.4) is 0 Å². The molecule has 0 saturated carbocycles. The van der Waals surface area contributed by atoms with Crippen LogP contribution in [0.1, 0.15) is 131 Å². The van der Waals surface area contributed by atoms with Crippen molar-refractivity contribution in [2.45, 2.75) is 140 Å². The van der Waals surface area contributed by atoms with E-state index in [2.05, 4.69) is 16.8 Å². The fourth-order valence-electron chi connectivity index (χ4n) is 9.99. The third kappa shape index (κ3) is 4.36. The van der Waals surface area contributed by atoms with Gasteiger partial charge in [0.1, 0.15) is 12.1 Å². The van der Waals surface area contributed by atoms with Gasteiger partial charge in [-0.2, -0.15) is 0 Å². The fourth-order valence-corrected chi connectivity index (χ4v) is 9.99. The van der Waals surface area contributed by atoms with E-state index in [4.69, 9.17) is 4.74 Å². The van der Waals surface area contributed by atoms with Crippen LogP contribution in [-0.4, -0.2) is 58.5 Å². The molecule has 1 aromatic rings. The Morgan fingerprint density at radius 1 is 0.946 bits per heavy atom. The molecule has 3 fully saturated rings. The highest BCUT2D eigenvalue weighted by Gasteiger charge is 2.74. The van der Waals surface area contributed by atoms with Crippen LogP contribution in [0, 0.1) is 11.3 Å². The van der Waals surface area contributed by atoms with E-state index in [0.29, 0.717) is 5.78 Å². The van der Waals surface area contributed by atoms with E-state index in [1.54, 1.807) is 0 Å². The number of fused-ring (bicyclic) bond motifs is 2. The summed E-state index contributed by atoms with van der Waals surface area (Å²) >= 11 is 0. The smallest absolute Gasteiger partial charge is 0.200 e. The van der Waals surface area contributed by atoms with E-state index < -0.39 is 6.10 Å². The Bertz CT molecular complexity index is 958. The van der Waals surface area contributed by atoms with Crippen LogP contribution < -0.4 is 0 Å². The number of ether oxygens (including phenoxy) is 1. The molecule has 0 amide bonds. The van der Waals surface area contributed by atoms with Crippen molar-refractivity contribution in [2.24, 2.45) is 11.3 Å². The highest BCUT2D eigenvalue weighted by atomic mass is 16.5. The summed E-state index contributed by atoms with van der Waals surface area (Å²) in [5, 5.41) is 12.0. The first kappa shape index (κ1) is 26.1. The van der Waals surface area contributed by atoms with Gasteiger partial charge in [0.25, 0.3) is 0 Å². The predicted molar refractivity (Wildman–Crippen MR) is 147 cm³/mol. The van der Waals surface area contributed by atoms with Crippen molar-refractivity contribution >= 4 is 5.78 Å². The summed E-state index contributed by atoms with van der Waals surface area (Å²) in [6.45, 7) is 3.03. The monoisotopic (exact) mass is 511 g/mol. The Kier molecular flexibility index (Phi) is 7.59. The van der Waals surface area contributed by atoms with Crippen LogP contribution in [0.15, 0.2) is 12.3 Å². The lowest BCUT2D eigenvalue weighted by Gasteiger charge is -2.53. The van der Waals surface area contributed by atoms with Crippen LogP contribution in [0.5, 0.6) is 0 Å². The Morgan fingerprint density at radius 3 is 2.38 bits per heavy atom. The molecule has 2 spiro atoms. The van der Waals surface area contributed by atoms with Crippen molar-refractivity contribution in [3.8, 4) is 0 Å². The number of carbonyl (C=O) groups is 1. The van der Waals surface area contributed by atoms with Gasteiger partial charge in [-0.3, -0.25) is 9.28 Å². The molecule has 1 aliphatic carbocycles. The van der Waals surface area contributed by atoms with Crippen LogP contribution in [0.25, 0.3) is 0 Å². The summed E-state index contributed by atoms with van der Waals surface area (Å²) in [6.07, 6.45) is 22.4. The summed E-state index contributed by atoms with van der Waals surface area (Å²) in [5.41, 5.74) is 2.24. The average Bonchev–Trinajstić information content (AvgIpc) is 3.37. The highest BCUT2D eigenvalue weighted by molar-refractivity contribution is 6.00. The number of ketones is 1. The van der Waals surface area contributed by atoms with Crippen molar-refractivity contribution in [3.63, 3.8) is 0 Å². The van der Waals surface area contributed by atoms with Gasteiger partial charge in [-0.15, -0.1) is 0 Å². The number of hydrogen-bond acceptors (Lipinski definition) is 3. The van der Waals surface area contributed by atoms with Gasteiger partial charge in [0.05, 0.1) is 30.6 Å². The molecule has 5 aliphatic rings. The largest absolute Gasteiger partial charge is 0.387 e. The SMILES string of the molecule is COC1C2C[C@]34CCCCCCCCCCn5ccc2c5C(=O)[C@@H]3[C@H]2[C@H](O)CCCCCCCC[N+]12C4. The Balaban J connectivity index is 1.50. The number of aromatic nitrogens is 1. The number of nitrogens with zero attached hydrogens (tertiary/aromatic N) is 2. The molecule has 7 atom stereocenters. The molecule has 1 aromatic heterocycles. The van der Waals surface area contributed by atoms with E-state index in [0.717, 1.165) is 61.9 Å². The summed E-state index contributed by atoms with van der Waals surface area (Å²) in [4.78, 5) is 14.9. The molecular weight excluding hydrogens is 460 g/mol. The number of aliphatic hydroxyl groups is 1. The first-order valence-corrected chi connectivity index (χ1v) is 15.9. The molecule has 5 heterocycles. The van der Waals surface area contributed by atoms with Crippen molar-refractivity contribution in [2.75, 3.05) is 20.2 Å². The minimum Gasteiger partial charge on any atom is -0.387 e. The molecule has 5 heteroatoms. The minimum atomic E-state index is -0.419. The standard InChI is InChI=1S/C32H51N2O3/c1-37-31-25-22-32-18-13-9-5-2-3-6-10-14-19-33-20-17-24(25)28(33)30(36)27(32)29-26(35)16-12-8-4-7-11-15-21-34(29,31)23-32/h17,20,25-27,29,31,35H,2-16,18-19,21-23H2,1H3/q+1/t25?,26-,27+,29-,31?,32+,34?/m1/s1. The van der Waals surface area contributed by atoms with E-state index in [1.165, 1.54) is 82.6 Å². The van der Waals surface area contributed by atoms with E-state index in [-0.39, 0.29) is 29.5 Å². The molecule has 3 saturated heterocycles. The van der Waals surface area contributed by atoms with Crippen molar-refractivity contribution < 1.29 is 19.1 Å². The number of piperidine rings is 1. The van der Waals surface area contributed by atoms with Gasteiger partial charge in [0.2, 0.25) is 0 Å². The lowest BCUT2D eigenvalue weighted by Crippen LogP contribution is -2.67. The Hall–Kier alpha value is -1.17. The average molecular weight is 512 g/mol.